The van der Waals surface area contributed by atoms with Gasteiger partial charge in [-0.2, -0.15) is 4.98 Å². The van der Waals surface area contributed by atoms with E-state index in [9.17, 15) is 0 Å². The first-order valence-corrected chi connectivity index (χ1v) is 7.73. The lowest BCUT2D eigenvalue weighted by atomic mass is 10.2. The van der Waals surface area contributed by atoms with Crippen LogP contribution in [0.5, 0.6) is 0 Å². The maximum atomic E-state index is 5.35. The number of thioether (sulfide) groups is 1. The van der Waals surface area contributed by atoms with Crippen molar-refractivity contribution in [3.63, 3.8) is 0 Å². The van der Waals surface area contributed by atoms with E-state index in [-0.39, 0.29) is 6.04 Å². The summed E-state index contributed by atoms with van der Waals surface area (Å²) in [6, 6.07) is 10.5. The lowest BCUT2D eigenvalue weighted by Gasteiger charge is -2.30. The van der Waals surface area contributed by atoms with Gasteiger partial charge < -0.3 is 9.84 Å². The smallest absolute Gasteiger partial charge is 0.237 e. The van der Waals surface area contributed by atoms with Crippen LogP contribution in [0.2, 0.25) is 0 Å². The highest BCUT2D eigenvalue weighted by Crippen LogP contribution is 2.23. The summed E-state index contributed by atoms with van der Waals surface area (Å²) in [5.41, 5.74) is 0. The minimum atomic E-state index is 0.211. The third kappa shape index (κ3) is 3.20. The lowest BCUT2D eigenvalue weighted by molar-refractivity contribution is 0.190. The average molecular weight is 290 g/mol. The van der Waals surface area contributed by atoms with Crippen molar-refractivity contribution in [1.29, 1.82) is 0 Å². The number of hydrogen-bond acceptors (Lipinski definition) is 6. The first-order valence-electron chi connectivity index (χ1n) is 6.74. The molecule has 5 nitrogen and oxygen atoms in total. The van der Waals surface area contributed by atoms with Gasteiger partial charge in [0.1, 0.15) is 0 Å². The molecule has 0 amide bonds. The standard InChI is InChI=1S/C14H18N4OS/c1-18-8-7-15-9-12(18)14-16-13(19-17-14)10-20-11-5-3-2-4-6-11/h2-6,12,15H,7-10H2,1H3. The molecule has 1 unspecified atom stereocenters. The first-order chi connectivity index (χ1) is 9.83. The monoisotopic (exact) mass is 290 g/mol. The molecule has 1 aliphatic heterocycles. The minimum Gasteiger partial charge on any atom is -0.338 e. The summed E-state index contributed by atoms with van der Waals surface area (Å²) in [7, 11) is 2.10. The Hall–Kier alpha value is -1.37. The van der Waals surface area contributed by atoms with Gasteiger partial charge in [0.2, 0.25) is 5.89 Å². The second-order valence-electron chi connectivity index (χ2n) is 4.85. The number of aromatic nitrogens is 2. The number of hydrogen-bond donors (Lipinski definition) is 1. The fourth-order valence-corrected chi connectivity index (χ4v) is 2.98. The van der Waals surface area contributed by atoms with Gasteiger partial charge in [0.15, 0.2) is 5.82 Å². The molecule has 6 heteroatoms. The molecule has 1 N–H and O–H groups in total. The molecule has 1 fully saturated rings. The largest absolute Gasteiger partial charge is 0.338 e. The Kier molecular flexibility index (Phi) is 4.34. The van der Waals surface area contributed by atoms with Crippen molar-refractivity contribution in [3.05, 3.63) is 42.0 Å². The predicted octanol–water partition coefficient (Wildman–Crippen LogP) is 1.94. The van der Waals surface area contributed by atoms with Crippen LogP contribution in [0, 0.1) is 0 Å². The summed E-state index contributed by atoms with van der Waals surface area (Å²) in [5.74, 6) is 2.18. The quantitative estimate of drug-likeness (QED) is 0.869. The maximum Gasteiger partial charge on any atom is 0.237 e. The number of nitrogens with one attached hydrogen (secondary N) is 1. The normalized spacial score (nSPS) is 20.1. The van der Waals surface area contributed by atoms with Crippen molar-refractivity contribution in [1.82, 2.24) is 20.4 Å². The highest BCUT2D eigenvalue weighted by molar-refractivity contribution is 7.98. The summed E-state index contributed by atoms with van der Waals surface area (Å²) in [5, 5.41) is 7.48. The van der Waals surface area contributed by atoms with Crippen LogP contribution in [0.25, 0.3) is 0 Å². The van der Waals surface area contributed by atoms with Crippen molar-refractivity contribution in [2.24, 2.45) is 0 Å². The molecule has 1 aliphatic rings. The van der Waals surface area contributed by atoms with E-state index in [1.165, 1.54) is 4.90 Å². The molecular formula is C14H18N4OS. The summed E-state index contributed by atoms with van der Waals surface area (Å²) < 4.78 is 5.35. The Morgan fingerprint density at radius 1 is 1.40 bits per heavy atom. The van der Waals surface area contributed by atoms with Gasteiger partial charge in [0.25, 0.3) is 0 Å². The van der Waals surface area contributed by atoms with Gasteiger partial charge in [-0.1, -0.05) is 23.4 Å². The van der Waals surface area contributed by atoms with Crippen LogP contribution in [0.1, 0.15) is 17.8 Å². The minimum absolute atomic E-state index is 0.211. The van der Waals surface area contributed by atoms with Gasteiger partial charge in [0.05, 0.1) is 11.8 Å². The van der Waals surface area contributed by atoms with Crippen LogP contribution in [0.4, 0.5) is 0 Å². The molecule has 0 aliphatic carbocycles. The molecule has 3 rings (SSSR count). The maximum absolute atomic E-state index is 5.35. The third-order valence-corrected chi connectivity index (χ3v) is 4.40. The summed E-state index contributed by atoms with van der Waals surface area (Å²) >= 11 is 1.71. The van der Waals surface area contributed by atoms with Crippen LogP contribution >= 0.6 is 11.8 Å². The van der Waals surface area contributed by atoms with Gasteiger partial charge in [-0.3, -0.25) is 4.90 Å². The highest BCUT2D eigenvalue weighted by atomic mass is 32.2. The second kappa shape index (κ2) is 6.39. The molecule has 0 saturated carbocycles. The fraction of sp³-hybridized carbons (Fsp3) is 0.429. The molecule has 1 atom stereocenters. The summed E-state index contributed by atoms with van der Waals surface area (Å²) in [4.78, 5) is 7.99. The van der Waals surface area contributed by atoms with E-state index in [2.05, 4.69) is 39.5 Å². The molecule has 0 bridgehead atoms. The van der Waals surface area contributed by atoms with E-state index in [1.54, 1.807) is 11.8 Å². The molecule has 0 spiro atoms. The van der Waals surface area contributed by atoms with Crippen LogP contribution in [-0.2, 0) is 5.75 Å². The van der Waals surface area contributed by atoms with Gasteiger partial charge >= 0.3 is 0 Å². The molecule has 0 radical (unpaired) electrons. The zero-order valence-corrected chi connectivity index (χ0v) is 12.3. The molecular weight excluding hydrogens is 272 g/mol. The lowest BCUT2D eigenvalue weighted by Crippen LogP contribution is -2.44. The molecule has 2 heterocycles. The van der Waals surface area contributed by atoms with Crippen LogP contribution in [0.3, 0.4) is 0 Å². The van der Waals surface area contributed by atoms with E-state index in [1.807, 2.05) is 18.2 Å². The van der Waals surface area contributed by atoms with Gasteiger partial charge in [-0.25, -0.2) is 0 Å². The fourth-order valence-electron chi connectivity index (χ4n) is 2.22. The van der Waals surface area contributed by atoms with Crippen molar-refractivity contribution in [3.8, 4) is 0 Å². The number of rotatable bonds is 4. The molecule has 1 saturated heterocycles. The first kappa shape index (κ1) is 13.6. The van der Waals surface area contributed by atoms with E-state index in [4.69, 9.17) is 4.52 Å². The average Bonchev–Trinajstić information content (AvgIpc) is 2.95. The topological polar surface area (TPSA) is 54.2 Å². The number of benzene rings is 1. The molecule has 106 valence electrons. The van der Waals surface area contributed by atoms with Crippen molar-refractivity contribution < 1.29 is 4.52 Å². The number of likely N-dealkylation sites (N-methyl/N-ethyl adjacent to an activating group) is 1. The van der Waals surface area contributed by atoms with Crippen molar-refractivity contribution in [2.45, 2.75) is 16.7 Å². The van der Waals surface area contributed by atoms with Gasteiger partial charge in [0, 0.05) is 24.5 Å². The van der Waals surface area contributed by atoms with Crippen LogP contribution in [-0.4, -0.2) is 41.7 Å². The summed E-state index contributed by atoms with van der Waals surface area (Å²) in [6.07, 6.45) is 0. The Labute approximate surface area is 122 Å². The summed E-state index contributed by atoms with van der Waals surface area (Å²) in [6.45, 7) is 2.90. The molecule has 1 aromatic carbocycles. The van der Waals surface area contributed by atoms with Gasteiger partial charge in [-0.05, 0) is 19.2 Å². The number of nitrogens with zero attached hydrogens (tertiary/aromatic N) is 3. The highest BCUT2D eigenvalue weighted by Gasteiger charge is 2.25. The van der Waals surface area contributed by atoms with Crippen LogP contribution in [0.15, 0.2) is 39.8 Å². The Balaban J connectivity index is 1.62. The third-order valence-electron chi connectivity index (χ3n) is 3.40. The molecule has 1 aromatic heterocycles. The van der Waals surface area contributed by atoms with E-state index >= 15 is 0 Å². The zero-order valence-electron chi connectivity index (χ0n) is 11.5. The van der Waals surface area contributed by atoms with E-state index < -0.39 is 0 Å². The zero-order chi connectivity index (χ0) is 13.8. The Morgan fingerprint density at radius 3 is 3.05 bits per heavy atom. The Bertz CT molecular complexity index is 545. The molecule has 2 aromatic rings. The molecule has 20 heavy (non-hydrogen) atoms. The number of piperazine rings is 1. The van der Waals surface area contributed by atoms with E-state index in [0.29, 0.717) is 11.6 Å². The van der Waals surface area contributed by atoms with Crippen molar-refractivity contribution >= 4 is 11.8 Å². The predicted molar refractivity (Wildman–Crippen MR) is 78.5 cm³/mol. The second-order valence-corrected chi connectivity index (χ2v) is 5.90. The van der Waals surface area contributed by atoms with Gasteiger partial charge in [-0.15, -0.1) is 11.8 Å². The Morgan fingerprint density at radius 2 is 2.25 bits per heavy atom. The SMILES string of the molecule is CN1CCNCC1c1noc(CSc2ccccc2)n1. The van der Waals surface area contributed by atoms with Crippen LogP contribution < -0.4 is 5.32 Å². The van der Waals surface area contributed by atoms with E-state index in [0.717, 1.165) is 25.5 Å². The van der Waals surface area contributed by atoms with Crippen molar-refractivity contribution in [2.75, 3.05) is 26.7 Å².